The molecule has 0 saturated carbocycles. The molecule has 1 saturated heterocycles. The molecule has 1 N–H and O–H groups in total. The monoisotopic (exact) mass is 282 g/mol. The zero-order valence-electron chi connectivity index (χ0n) is 11.3. The third-order valence-corrected chi connectivity index (χ3v) is 5.67. The summed E-state index contributed by atoms with van der Waals surface area (Å²) in [5, 5.41) is 3.14. The fraction of sp³-hybridized carbons (Fsp3) is 0.462. The summed E-state index contributed by atoms with van der Waals surface area (Å²) < 4.78 is 24.0. The quantitative estimate of drug-likeness (QED) is 0.902. The predicted molar refractivity (Wildman–Crippen MR) is 74.3 cm³/mol. The molecule has 1 aliphatic rings. The lowest BCUT2D eigenvalue weighted by atomic mass is 10.1. The minimum Gasteiger partial charge on any atom is -0.313 e. The number of hydrogen-bond acceptors (Lipinski definition) is 4. The maximum Gasteiger partial charge on any atom is 0.263 e. The summed E-state index contributed by atoms with van der Waals surface area (Å²) in [5.41, 5.74) is 1.25. The van der Waals surface area contributed by atoms with Gasteiger partial charge in [0, 0.05) is 6.54 Å². The van der Waals surface area contributed by atoms with Crippen LogP contribution in [0.25, 0.3) is 0 Å². The first-order valence-corrected chi connectivity index (χ1v) is 7.66. The fourth-order valence-corrected chi connectivity index (χ4v) is 3.53. The molecular formula is C13H18N2O3S. The highest BCUT2D eigenvalue weighted by Gasteiger charge is 2.61. The first-order valence-electron chi connectivity index (χ1n) is 6.22. The number of amides is 1. The van der Waals surface area contributed by atoms with Crippen LogP contribution in [-0.2, 0) is 21.4 Å². The number of nitrogens with zero attached hydrogens (tertiary/aromatic N) is 1. The minimum atomic E-state index is -3.59. The summed E-state index contributed by atoms with van der Waals surface area (Å²) >= 11 is 0. The Morgan fingerprint density at radius 3 is 2.47 bits per heavy atom. The molecule has 6 heteroatoms. The second-order valence-electron chi connectivity index (χ2n) is 4.99. The van der Waals surface area contributed by atoms with Gasteiger partial charge in [-0.05, 0) is 32.0 Å². The standard InChI is InChI=1S/C13H18N2O3S/c1-4-14-9-10-7-5-6-8-11(10)15-12(16)13(2,3)19(15,17)18/h5-8,14H,4,9H2,1-3H3. The zero-order chi connectivity index (χ0) is 14.3. The molecule has 1 aliphatic heterocycles. The second kappa shape index (κ2) is 4.61. The molecule has 1 aromatic carbocycles. The normalized spacial score (nSPS) is 20.2. The summed E-state index contributed by atoms with van der Waals surface area (Å²) in [6.45, 7) is 6.16. The predicted octanol–water partition coefficient (Wildman–Crippen LogP) is 1.25. The minimum absolute atomic E-state index is 0.378. The number of anilines is 1. The van der Waals surface area contributed by atoms with E-state index in [1.807, 2.05) is 19.1 Å². The molecule has 1 aromatic rings. The third-order valence-electron chi connectivity index (χ3n) is 3.36. The van der Waals surface area contributed by atoms with Gasteiger partial charge in [-0.3, -0.25) is 4.79 Å². The van der Waals surface area contributed by atoms with E-state index in [9.17, 15) is 13.2 Å². The fourth-order valence-electron chi connectivity index (χ4n) is 2.01. The highest BCUT2D eigenvalue weighted by Crippen LogP contribution is 2.40. The largest absolute Gasteiger partial charge is 0.313 e. The van der Waals surface area contributed by atoms with E-state index in [0.717, 1.165) is 16.4 Å². The van der Waals surface area contributed by atoms with Crippen LogP contribution < -0.4 is 9.62 Å². The SMILES string of the molecule is CCNCc1ccccc1N1C(=O)C(C)(C)S1(=O)=O. The number of hydrogen-bond donors (Lipinski definition) is 1. The van der Waals surface area contributed by atoms with Crippen LogP contribution in [-0.4, -0.2) is 25.6 Å². The smallest absolute Gasteiger partial charge is 0.263 e. The van der Waals surface area contributed by atoms with Crippen molar-refractivity contribution >= 4 is 21.6 Å². The van der Waals surface area contributed by atoms with E-state index >= 15 is 0 Å². The summed E-state index contributed by atoms with van der Waals surface area (Å²) in [7, 11) is -3.59. The molecule has 0 aliphatic carbocycles. The Bertz CT molecular complexity index is 608. The van der Waals surface area contributed by atoms with Crippen LogP contribution in [0.1, 0.15) is 26.3 Å². The number of sulfonamides is 1. The van der Waals surface area contributed by atoms with Crippen LogP contribution in [0.3, 0.4) is 0 Å². The van der Waals surface area contributed by atoms with Gasteiger partial charge in [-0.1, -0.05) is 25.1 Å². The zero-order valence-corrected chi connectivity index (χ0v) is 12.1. The van der Waals surface area contributed by atoms with Crippen LogP contribution >= 0.6 is 0 Å². The molecular weight excluding hydrogens is 264 g/mol. The van der Waals surface area contributed by atoms with Crippen LogP contribution in [0, 0.1) is 0 Å². The van der Waals surface area contributed by atoms with E-state index in [1.54, 1.807) is 12.1 Å². The van der Waals surface area contributed by atoms with Gasteiger partial charge in [-0.25, -0.2) is 12.7 Å². The lowest BCUT2D eigenvalue weighted by Gasteiger charge is -2.43. The van der Waals surface area contributed by atoms with E-state index in [2.05, 4.69) is 5.32 Å². The summed E-state index contributed by atoms with van der Waals surface area (Å²) in [4.78, 5) is 12.1. The summed E-state index contributed by atoms with van der Waals surface area (Å²) in [5.74, 6) is -0.378. The number of para-hydroxylation sites is 1. The number of benzene rings is 1. The van der Waals surface area contributed by atoms with Gasteiger partial charge in [0.05, 0.1) is 5.69 Å². The van der Waals surface area contributed by atoms with Crippen molar-refractivity contribution < 1.29 is 13.2 Å². The Morgan fingerprint density at radius 1 is 1.26 bits per heavy atom. The maximum absolute atomic E-state index is 12.2. The molecule has 0 atom stereocenters. The van der Waals surface area contributed by atoms with Gasteiger partial charge in [0.15, 0.2) is 4.75 Å². The first-order chi connectivity index (χ1) is 8.84. The number of rotatable bonds is 4. The molecule has 0 radical (unpaired) electrons. The van der Waals surface area contributed by atoms with Gasteiger partial charge in [0.1, 0.15) is 0 Å². The summed E-state index contributed by atoms with van der Waals surface area (Å²) in [6, 6.07) is 7.06. The number of nitrogens with one attached hydrogen (secondary N) is 1. The third kappa shape index (κ3) is 1.95. The average Bonchev–Trinajstić information content (AvgIpc) is 2.37. The Labute approximate surface area is 113 Å². The van der Waals surface area contributed by atoms with Crippen LogP contribution in [0.5, 0.6) is 0 Å². The second-order valence-corrected chi connectivity index (χ2v) is 7.33. The topological polar surface area (TPSA) is 66.5 Å². The number of carbonyl (C=O) groups excluding carboxylic acids is 1. The van der Waals surface area contributed by atoms with E-state index in [0.29, 0.717) is 12.2 Å². The van der Waals surface area contributed by atoms with Crippen molar-refractivity contribution in [2.75, 3.05) is 10.8 Å². The molecule has 0 bridgehead atoms. The van der Waals surface area contributed by atoms with Crippen LogP contribution in [0.4, 0.5) is 5.69 Å². The lowest BCUT2D eigenvalue weighted by molar-refractivity contribution is -0.120. The Morgan fingerprint density at radius 2 is 1.89 bits per heavy atom. The molecule has 0 unspecified atom stereocenters. The maximum atomic E-state index is 12.2. The van der Waals surface area contributed by atoms with Crippen molar-refractivity contribution in [1.29, 1.82) is 0 Å². The van der Waals surface area contributed by atoms with Crippen molar-refractivity contribution in [2.24, 2.45) is 0 Å². The Balaban J connectivity index is 2.42. The van der Waals surface area contributed by atoms with E-state index in [-0.39, 0.29) is 5.91 Å². The van der Waals surface area contributed by atoms with Crippen molar-refractivity contribution in [3.63, 3.8) is 0 Å². The molecule has 0 spiro atoms. The van der Waals surface area contributed by atoms with Gasteiger partial charge in [-0.2, -0.15) is 0 Å². The van der Waals surface area contributed by atoms with Gasteiger partial charge in [0.25, 0.3) is 15.9 Å². The molecule has 1 heterocycles. The van der Waals surface area contributed by atoms with E-state index in [1.165, 1.54) is 13.8 Å². The van der Waals surface area contributed by atoms with Gasteiger partial charge < -0.3 is 5.32 Å². The summed E-state index contributed by atoms with van der Waals surface area (Å²) in [6.07, 6.45) is 0. The lowest BCUT2D eigenvalue weighted by Crippen LogP contribution is -2.67. The molecule has 104 valence electrons. The van der Waals surface area contributed by atoms with Crippen LogP contribution in [0.15, 0.2) is 24.3 Å². The van der Waals surface area contributed by atoms with Gasteiger partial charge in [-0.15, -0.1) is 0 Å². The molecule has 19 heavy (non-hydrogen) atoms. The van der Waals surface area contributed by atoms with Crippen molar-refractivity contribution in [2.45, 2.75) is 32.1 Å². The molecule has 1 amide bonds. The van der Waals surface area contributed by atoms with E-state index < -0.39 is 14.8 Å². The van der Waals surface area contributed by atoms with Crippen LogP contribution in [0.2, 0.25) is 0 Å². The van der Waals surface area contributed by atoms with E-state index in [4.69, 9.17) is 0 Å². The molecule has 2 rings (SSSR count). The van der Waals surface area contributed by atoms with Crippen molar-refractivity contribution in [3.8, 4) is 0 Å². The Hall–Kier alpha value is -1.40. The molecule has 0 aromatic heterocycles. The number of carbonyl (C=O) groups is 1. The van der Waals surface area contributed by atoms with Crippen molar-refractivity contribution in [3.05, 3.63) is 29.8 Å². The molecule has 5 nitrogen and oxygen atoms in total. The van der Waals surface area contributed by atoms with Gasteiger partial charge in [0.2, 0.25) is 0 Å². The first kappa shape index (κ1) is 14.0. The highest BCUT2D eigenvalue weighted by molar-refractivity contribution is 7.98. The average molecular weight is 282 g/mol. The van der Waals surface area contributed by atoms with Crippen molar-refractivity contribution in [1.82, 2.24) is 5.32 Å². The highest BCUT2D eigenvalue weighted by atomic mass is 32.2. The van der Waals surface area contributed by atoms with Gasteiger partial charge >= 0.3 is 0 Å². The molecule has 1 fully saturated rings. The Kier molecular flexibility index (Phi) is 3.40.